The van der Waals surface area contributed by atoms with Gasteiger partial charge in [0.05, 0.1) is 24.1 Å². The molecule has 6 nitrogen and oxygen atoms in total. The molecule has 0 spiro atoms. The molecule has 2 aromatic carbocycles. The molecule has 2 aliphatic heterocycles. The van der Waals surface area contributed by atoms with Crippen LogP contribution in [0.4, 0.5) is 0 Å². The summed E-state index contributed by atoms with van der Waals surface area (Å²) in [6.45, 7) is 2.27. The summed E-state index contributed by atoms with van der Waals surface area (Å²) in [4.78, 5) is 18.7. The maximum Gasteiger partial charge on any atom is 0.350 e. The molecule has 2 unspecified atom stereocenters. The third kappa shape index (κ3) is 10.3. The molecule has 0 aliphatic carbocycles. The number of benzene rings is 2. The lowest BCUT2D eigenvalue weighted by atomic mass is 10.2. The van der Waals surface area contributed by atoms with E-state index < -0.39 is 24.1 Å². The maximum absolute atomic E-state index is 9.34. The highest BCUT2D eigenvalue weighted by Crippen LogP contribution is 2.02. The minimum atomic E-state index is -1.44. The Kier molecular flexibility index (Phi) is 12.5. The van der Waals surface area contributed by atoms with Gasteiger partial charge in [-0.1, -0.05) is 36.4 Å². The molecule has 2 aromatic rings. The van der Waals surface area contributed by atoms with Gasteiger partial charge in [0.1, 0.15) is 0 Å². The van der Waals surface area contributed by atoms with E-state index in [0.29, 0.717) is 0 Å². The Labute approximate surface area is 196 Å². The number of aliphatic hydroxyl groups is 2. The van der Waals surface area contributed by atoms with Crippen molar-refractivity contribution in [3.8, 4) is 0 Å². The topological polar surface area (TPSA) is 121 Å². The van der Waals surface area contributed by atoms with Gasteiger partial charge in [-0.25, -0.2) is 0 Å². The summed E-state index contributed by atoms with van der Waals surface area (Å²) in [6.07, 6.45) is 1.76. The van der Waals surface area contributed by atoms with Crippen LogP contribution in [0.3, 0.4) is 0 Å². The van der Waals surface area contributed by atoms with Crippen LogP contribution in [-0.2, 0) is 9.59 Å². The van der Waals surface area contributed by atoms with Crippen molar-refractivity contribution in [3.63, 3.8) is 0 Å². The number of carbonyl (C=O) groups excluding carboxylic acids is 2. The van der Waals surface area contributed by atoms with E-state index >= 15 is 0 Å². The lowest BCUT2D eigenvalue weighted by molar-refractivity contribution is -0.551. The molecule has 0 fully saturated rings. The fraction of sp³-hybridized carbons (Fsp3) is 0.182. The Morgan fingerprint density at radius 1 is 0.733 bits per heavy atom. The second kappa shape index (κ2) is 14.3. The van der Waals surface area contributed by atoms with Crippen LogP contribution >= 0.6 is 0 Å². The minimum absolute atomic E-state index is 0.242. The third-order valence-corrected chi connectivity index (χ3v) is 8.08. The van der Waals surface area contributed by atoms with E-state index in [4.69, 9.17) is 10.2 Å². The minimum Gasteiger partial charge on any atom is -0.547 e. The van der Waals surface area contributed by atoms with Crippen LogP contribution in [0.5, 0.6) is 0 Å². The average Bonchev–Trinajstić information content (AvgIpc) is 3.38. The van der Waals surface area contributed by atoms with Crippen LogP contribution in [0.2, 0.25) is 0 Å². The summed E-state index contributed by atoms with van der Waals surface area (Å²) in [5.41, 5.74) is 2.87. The zero-order chi connectivity index (χ0) is 22.5. The van der Waals surface area contributed by atoms with Gasteiger partial charge in [0.15, 0.2) is 8.17 Å². The van der Waals surface area contributed by atoms with Gasteiger partial charge in [-0.2, -0.15) is 0 Å². The first-order valence-corrected chi connectivity index (χ1v) is 13.4. The maximum atomic E-state index is 9.34. The molecule has 0 saturated carbocycles. The quantitative estimate of drug-likeness (QED) is 0.317. The lowest BCUT2D eigenvalue weighted by Gasteiger charge is -2.00. The first-order valence-electron chi connectivity index (χ1n) is 8.78. The molecular formula is C22H22I2O6. The van der Waals surface area contributed by atoms with E-state index in [1.54, 1.807) is 7.14 Å². The second-order valence-electron chi connectivity index (χ2n) is 5.84. The smallest absolute Gasteiger partial charge is 0.350 e. The van der Waals surface area contributed by atoms with E-state index in [-0.39, 0.29) is 42.4 Å². The summed E-state index contributed by atoms with van der Waals surface area (Å²) in [5.74, 6) is -2.87. The van der Waals surface area contributed by atoms with Crippen molar-refractivity contribution < 1.29 is 72.4 Å². The number of carboxylic acid groups (broad SMARTS) is 2. The molecule has 0 amide bonds. The fourth-order valence-corrected chi connectivity index (χ4v) is 5.93. The summed E-state index contributed by atoms with van der Waals surface area (Å²) in [7, 11) is 0. The predicted octanol–water partition coefficient (Wildman–Crippen LogP) is -5.91. The van der Waals surface area contributed by atoms with Gasteiger partial charge >= 0.3 is 42.4 Å². The van der Waals surface area contributed by atoms with Gasteiger partial charge in [0, 0.05) is 11.1 Å². The monoisotopic (exact) mass is 636 g/mol. The number of aliphatic hydroxyl groups excluding tert-OH is 2. The van der Waals surface area contributed by atoms with Gasteiger partial charge < -0.3 is 30.0 Å². The van der Waals surface area contributed by atoms with Crippen LogP contribution in [0.25, 0.3) is 12.2 Å². The SMILES string of the molecule is C1=Cc2ccccc2[I+]1.C1=Cc2ccccc2[I+]1.CC(O)C(=O)[O-].CC(O)C(=O)[O-]. The number of carbonyl (C=O) groups is 2. The molecule has 2 aliphatic rings. The number of rotatable bonds is 2. The molecule has 2 atom stereocenters. The first-order chi connectivity index (χ1) is 14.2. The lowest BCUT2D eigenvalue weighted by Crippen LogP contribution is -3.58. The van der Waals surface area contributed by atoms with E-state index in [9.17, 15) is 19.8 Å². The number of hydrogen-bond acceptors (Lipinski definition) is 6. The molecule has 2 heterocycles. The Balaban J connectivity index is 0.000000205. The highest BCUT2D eigenvalue weighted by atomic mass is 127. The van der Waals surface area contributed by atoms with Gasteiger partial charge in [0.2, 0.25) is 7.14 Å². The predicted molar refractivity (Wildman–Crippen MR) is 102 cm³/mol. The normalized spacial score (nSPS) is 13.7. The Morgan fingerprint density at radius 3 is 1.30 bits per heavy atom. The van der Waals surface area contributed by atoms with Crippen LogP contribution in [0, 0.1) is 7.14 Å². The molecule has 0 aromatic heterocycles. The van der Waals surface area contributed by atoms with E-state index in [1.807, 2.05) is 0 Å². The molecule has 30 heavy (non-hydrogen) atoms. The molecule has 0 radical (unpaired) electrons. The standard InChI is InChI=1S/2C8H6I.2C3H6O3/c2*1-2-4-8-7(3-1)5-6-9-8;2*1-2(4)3(5)6/h2*1-6H;2*2,4H,1H3,(H,5,6)/q2*+1;;/p-2. The number of carboxylic acids is 2. The van der Waals surface area contributed by atoms with Crippen molar-refractivity contribution >= 4 is 24.1 Å². The van der Waals surface area contributed by atoms with Crippen LogP contribution in [-0.4, -0.2) is 34.4 Å². The Bertz CT molecular complexity index is 817. The van der Waals surface area contributed by atoms with Gasteiger partial charge in [0.25, 0.3) is 0 Å². The van der Waals surface area contributed by atoms with Crippen molar-refractivity contribution in [1.82, 2.24) is 0 Å². The molecular weight excluding hydrogens is 614 g/mol. The van der Waals surface area contributed by atoms with Crippen LogP contribution < -0.4 is 52.6 Å². The first kappa shape index (κ1) is 26.3. The van der Waals surface area contributed by atoms with E-state index in [0.717, 1.165) is 13.8 Å². The summed E-state index contributed by atoms with van der Waals surface area (Å²) in [6, 6.07) is 17.2. The van der Waals surface area contributed by atoms with Crippen molar-refractivity contribution in [3.05, 3.63) is 75.0 Å². The average molecular weight is 636 g/mol. The molecule has 8 heteroatoms. The van der Waals surface area contributed by atoms with Crippen molar-refractivity contribution in [2.24, 2.45) is 0 Å². The number of fused-ring (bicyclic) bond motifs is 2. The van der Waals surface area contributed by atoms with E-state index in [2.05, 4.69) is 68.8 Å². The molecule has 2 N–H and O–H groups in total. The van der Waals surface area contributed by atoms with Gasteiger partial charge in [-0.15, -0.1) is 0 Å². The summed E-state index contributed by atoms with van der Waals surface area (Å²) >= 11 is 0.484. The molecule has 4 rings (SSSR count). The number of aliphatic carboxylic acids is 2. The second-order valence-corrected chi connectivity index (χ2v) is 10.8. The van der Waals surface area contributed by atoms with Crippen molar-refractivity contribution in [1.29, 1.82) is 0 Å². The number of hydrogen-bond donors (Lipinski definition) is 2. The van der Waals surface area contributed by atoms with Gasteiger partial charge in [-0.3, -0.25) is 0 Å². The largest absolute Gasteiger partial charge is 0.547 e. The molecule has 0 bridgehead atoms. The van der Waals surface area contributed by atoms with Crippen LogP contribution in [0.1, 0.15) is 25.0 Å². The molecule has 0 saturated heterocycles. The third-order valence-electron chi connectivity index (χ3n) is 3.34. The Hall–Kier alpha value is -1.76. The van der Waals surface area contributed by atoms with E-state index in [1.165, 1.54) is 11.1 Å². The number of halogens is 2. The summed E-state index contributed by atoms with van der Waals surface area (Å²) < 4.78 is 7.75. The zero-order valence-electron chi connectivity index (χ0n) is 16.4. The fourth-order valence-electron chi connectivity index (χ4n) is 1.75. The molecule has 160 valence electrons. The van der Waals surface area contributed by atoms with Gasteiger partial charge in [-0.05, 0) is 38.1 Å². The Morgan fingerprint density at radius 2 is 1.03 bits per heavy atom. The van der Waals surface area contributed by atoms with Crippen molar-refractivity contribution in [2.45, 2.75) is 26.1 Å². The highest BCUT2D eigenvalue weighted by Gasteiger charge is 2.18. The van der Waals surface area contributed by atoms with Crippen molar-refractivity contribution in [2.75, 3.05) is 0 Å². The highest BCUT2D eigenvalue weighted by molar-refractivity contribution is 5.69. The van der Waals surface area contributed by atoms with Crippen LogP contribution in [0.15, 0.2) is 56.7 Å². The summed E-state index contributed by atoms with van der Waals surface area (Å²) in [5, 5.41) is 34.6. The zero-order valence-corrected chi connectivity index (χ0v) is 20.7.